The summed E-state index contributed by atoms with van der Waals surface area (Å²) in [6.45, 7) is 10.7. The normalized spacial score (nSPS) is 17.1. The number of aromatic nitrogens is 1. The zero-order chi connectivity index (χ0) is 19.6. The molecule has 1 aliphatic rings. The van der Waals surface area contributed by atoms with Crippen molar-refractivity contribution >= 4 is 11.9 Å². The Hall–Kier alpha value is -2.19. The first-order valence-electron chi connectivity index (χ1n) is 9.62. The third kappa shape index (κ3) is 7.15. The van der Waals surface area contributed by atoms with E-state index in [0.29, 0.717) is 13.1 Å². The van der Waals surface area contributed by atoms with Crippen LogP contribution in [0.4, 0.5) is 0 Å². The van der Waals surface area contributed by atoms with Crippen molar-refractivity contribution in [3.63, 3.8) is 0 Å². The molecule has 3 N–H and O–H groups in total. The van der Waals surface area contributed by atoms with Gasteiger partial charge < -0.3 is 20.6 Å². The monoisotopic (exact) mass is 376 g/mol. The van der Waals surface area contributed by atoms with Crippen LogP contribution in [0.25, 0.3) is 0 Å². The lowest BCUT2D eigenvalue weighted by Gasteiger charge is -2.36. The van der Waals surface area contributed by atoms with E-state index in [1.807, 2.05) is 20.8 Å². The van der Waals surface area contributed by atoms with E-state index < -0.39 is 6.10 Å². The van der Waals surface area contributed by atoms with Crippen LogP contribution >= 0.6 is 0 Å². The van der Waals surface area contributed by atoms with Crippen LogP contribution in [0, 0.1) is 0 Å². The second-order valence-electron chi connectivity index (χ2n) is 6.98. The molecule has 1 amide bonds. The minimum Gasteiger partial charge on any atom is -0.386 e. The molecular formula is C19H32N6O2. The standard InChI is InChI=1S/C19H32N6O2/c1-4-21-19(22-13-17(26)16-5-7-20-8-6-16)25-11-9-24(10-12-25)14-18(27)23-15(2)3/h5-8,15,17,26H,4,9-14H2,1-3H3,(H,21,22)(H,23,27). The first-order valence-corrected chi connectivity index (χ1v) is 9.62. The number of carbonyl (C=O) groups excluding carboxylic acids is 1. The quantitative estimate of drug-likeness (QED) is 0.466. The lowest BCUT2D eigenvalue weighted by Crippen LogP contribution is -2.54. The van der Waals surface area contributed by atoms with Gasteiger partial charge in [0.2, 0.25) is 5.91 Å². The number of pyridine rings is 1. The predicted molar refractivity (Wildman–Crippen MR) is 106 cm³/mol. The second-order valence-corrected chi connectivity index (χ2v) is 6.98. The van der Waals surface area contributed by atoms with Gasteiger partial charge in [0, 0.05) is 51.2 Å². The summed E-state index contributed by atoms with van der Waals surface area (Å²) in [6, 6.07) is 3.76. The molecule has 0 aromatic carbocycles. The number of aliphatic hydroxyl groups is 1. The van der Waals surface area contributed by atoms with Crippen LogP contribution in [0.1, 0.15) is 32.4 Å². The van der Waals surface area contributed by atoms with Crippen molar-refractivity contribution in [3.05, 3.63) is 30.1 Å². The highest BCUT2D eigenvalue weighted by Crippen LogP contribution is 2.12. The fourth-order valence-electron chi connectivity index (χ4n) is 2.98. The van der Waals surface area contributed by atoms with Gasteiger partial charge in [-0.25, -0.2) is 0 Å². The molecule has 27 heavy (non-hydrogen) atoms. The largest absolute Gasteiger partial charge is 0.386 e. The van der Waals surface area contributed by atoms with E-state index in [1.165, 1.54) is 0 Å². The minimum atomic E-state index is -0.650. The summed E-state index contributed by atoms with van der Waals surface area (Å²) in [6.07, 6.45) is 2.69. The van der Waals surface area contributed by atoms with Crippen LogP contribution in [0.5, 0.6) is 0 Å². The molecule has 8 nitrogen and oxygen atoms in total. The Morgan fingerprint density at radius 1 is 1.26 bits per heavy atom. The van der Waals surface area contributed by atoms with Gasteiger partial charge in [-0.05, 0) is 38.5 Å². The SMILES string of the molecule is CCNC(=NCC(O)c1ccncc1)N1CCN(CC(=O)NC(C)C)CC1. The van der Waals surface area contributed by atoms with Gasteiger partial charge in [-0.2, -0.15) is 0 Å². The molecule has 150 valence electrons. The van der Waals surface area contributed by atoms with Crippen LogP contribution in [0.15, 0.2) is 29.5 Å². The molecule has 8 heteroatoms. The van der Waals surface area contributed by atoms with Crippen molar-refractivity contribution in [1.29, 1.82) is 0 Å². The molecule has 2 heterocycles. The van der Waals surface area contributed by atoms with Gasteiger partial charge in [-0.3, -0.25) is 19.7 Å². The molecular weight excluding hydrogens is 344 g/mol. The van der Waals surface area contributed by atoms with Crippen molar-refractivity contribution in [2.45, 2.75) is 32.9 Å². The summed E-state index contributed by atoms with van der Waals surface area (Å²) in [5.41, 5.74) is 0.811. The first-order chi connectivity index (χ1) is 13.0. The number of rotatable bonds is 7. The number of hydrogen-bond donors (Lipinski definition) is 3. The number of nitrogens with one attached hydrogen (secondary N) is 2. The maximum absolute atomic E-state index is 11.9. The average Bonchev–Trinajstić information content (AvgIpc) is 2.65. The molecule has 0 bridgehead atoms. The van der Waals surface area contributed by atoms with E-state index in [-0.39, 0.29) is 11.9 Å². The van der Waals surface area contributed by atoms with Crippen molar-refractivity contribution in [3.8, 4) is 0 Å². The molecule has 1 saturated heterocycles. The Bertz CT molecular complexity index is 599. The number of guanidine groups is 1. The summed E-state index contributed by atoms with van der Waals surface area (Å²) in [7, 11) is 0. The lowest BCUT2D eigenvalue weighted by atomic mass is 10.1. The Morgan fingerprint density at radius 3 is 2.52 bits per heavy atom. The van der Waals surface area contributed by atoms with Crippen LogP contribution in [-0.4, -0.2) is 83.6 Å². The third-order valence-corrected chi connectivity index (χ3v) is 4.33. The summed E-state index contributed by atoms with van der Waals surface area (Å²) in [4.78, 5) is 24.8. The molecule has 0 aliphatic carbocycles. The molecule has 1 aliphatic heterocycles. The highest BCUT2D eigenvalue weighted by molar-refractivity contribution is 5.80. The summed E-state index contributed by atoms with van der Waals surface area (Å²) < 4.78 is 0. The number of amides is 1. The highest BCUT2D eigenvalue weighted by Gasteiger charge is 2.21. The van der Waals surface area contributed by atoms with Crippen LogP contribution in [0.2, 0.25) is 0 Å². The predicted octanol–water partition coefficient (Wildman–Crippen LogP) is 0.223. The van der Waals surface area contributed by atoms with Gasteiger partial charge in [0.1, 0.15) is 0 Å². The van der Waals surface area contributed by atoms with Gasteiger partial charge in [-0.15, -0.1) is 0 Å². The fourth-order valence-corrected chi connectivity index (χ4v) is 2.98. The van der Waals surface area contributed by atoms with E-state index in [1.54, 1.807) is 24.5 Å². The number of hydrogen-bond acceptors (Lipinski definition) is 5. The van der Waals surface area contributed by atoms with Crippen molar-refractivity contribution in [2.24, 2.45) is 4.99 Å². The second kappa shape index (κ2) is 10.8. The number of carbonyl (C=O) groups is 1. The third-order valence-electron chi connectivity index (χ3n) is 4.33. The zero-order valence-electron chi connectivity index (χ0n) is 16.6. The van der Waals surface area contributed by atoms with Gasteiger partial charge >= 0.3 is 0 Å². The van der Waals surface area contributed by atoms with E-state index in [4.69, 9.17) is 0 Å². The number of piperazine rings is 1. The Morgan fingerprint density at radius 2 is 1.93 bits per heavy atom. The Kier molecular flexibility index (Phi) is 8.47. The molecule has 2 rings (SSSR count). The number of aliphatic imine (C=N–C) groups is 1. The summed E-state index contributed by atoms with van der Waals surface area (Å²) in [5.74, 6) is 0.872. The van der Waals surface area contributed by atoms with Gasteiger partial charge in [0.05, 0.1) is 19.2 Å². The van der Waals surface area contributed by atoms with Crippen LogP contribution < -0.4 is 10.6 Å². The maximum atomic E-state index is 11.9. The molecule has 1 fully saturated rings. The number of aliphatic hydroxyl groups excluding tert-OH is 1. The highest BCUT2D eigenvalue weighted by atomic mass is 16.3. The van der Waals surface area contributed by atoms with Crippen LogP contribution in [0.3, 0.4) is 0 Å². The molecule has 1 atom stereocenters. The van der Waals surface area contributed by atoms with Gasteiger partial charge in [0.25, 0.3) is 0 Å². The minimum absolute atomic E-state index is 0.0690. The molecule has 1 aromatic heterocycles. The zero-order valence-corrected chi connectivity index (χ0v) is 16.6. The van der Waals surface area contributed by atoms with E-state index in [2.05, 4.69) is 30.4 Å². The average molecular weight is 377 g/mol. The summed E-state index contributed by atoms with van der Waals surface area (Å²) >= 11 is 0. The first kappa shape index (κ1) is 21.1. The smallest absolute Gasteiger partial charge is 0.234 e. The fraction of sp³-hybridized carbons (Fsp3) is 0.632. The van der Waals surface area contributed by atoms with Gasteiger partial charge in [-0.1, -0.05) is 0 Å². The molecule has 1 aromatic rings. The van der Waals surface area contributed by atoms with Crippen molar-refractivity contribution < 1.29 is 9.90 Å². The summed E-state index contributed by atoms with van der Waals surface area (Å²) in [5, 5.41) is 16.5. The Labute approximate surface area is 161 Å². The molecule has 0 spiro atoms. The molecule has 0 radical (unpaired) electrons. The van der Waals surface area contributed by atoms with E-state index in [0.717, 1.165) is 44.2 Å². The number of nitrogens with zero attached hydrogens (tertiary/aromatic N) is 4. The van der Waals surface area contributed by atoms with E-state index in [9.17, 15) is 9.90 Å². The topological polar surface area (TPSA) is 93.1 Å². The van der Waals surface area contributed by atoms with E-state index >= 15 is 0 Å². The van der Waals surface area contributed by atoms with Crippen molar-refractivity contribution in [2.75, 3.05) is 45.8 Å². The molecule has 0 saturated carbocycles. The van der Waals surface area contributed by atoms with Crippen LogP contribution in [-0.2, 0) is 4.79 Å². The molecule has 1 unspecified atom stereocenters. The lowest BCUT2D eigenvalue weighted by molar-refractivity contribution is -0.123. The maximum Gasteiger partial charge on any atom is 0.234 e. The Balaban J connectivity index is 1.87. The van der Waals surface area contributed by atoms with Gasteiger partial charge in [0.15, 0.2) is 5.96 Å². The van der Waals surface area contributed by atoms with Crippen molar-refractivity contribution in [1.82, 2.24) is 25.4 Å².